The van der Waals surface area contributed by atoms with Crippen LogP contribution in [0.4, 0.5) is 0 Å². The maximum absolute atomic E-state index is 2.30. The van der Waals surface area contributed by atoms with E-state index in [-0.39, 0.29) is 7.92 Å². The first-order valence-electron chi connectivity index (χ1n) is 7.83. The molecule has 0 aliphatic carbocycles. The minimum absolute atomic E-state index is 0.00617. The molecule has 0 aromatic heterocycles. The molecule has 108 valence electrons. The van der Waals surface area contributed by atoms with Crippen LogP contribution in [0.1, 0.15) is 28.0 Å². The van der Waals surface area contributed by atoms with Gasteiger partial charge in [-0.2, -0.15) is 0 Å². The molecule has 0 bridgehead atoms. The van der Waals surface area contributed by atoms with Crippen molar-refractivity contribution in [3.05, 3.63) is 108 Å². The zero-order valence-electron chi connectivity index (χ0n) is 12.5. The van der Waals surface area contributed by atoms with Crippen LogP contribution in [0, 0.1) is 0 Å². The van der Waals surface area contributed by atoms with Crippen LogP contribution in [-0.2, 0) is 6.16 Å². The fraction of sp³-hybridized carbons (Fsp3) is 0.143. The number of hydrogen-bond acceptors (Lipinski definition) is 0. The smallest absolute Gasteiger partial charge is 0.0159 e. The molecule has 0 radical (unpaired) electrons. The van der Waals surface area contributed by atoms with Gasteiger partial charge in [0.1, 0.15) is 0 Å². The van der Waals surface area contributed by atoms with Crippen LogP contribution in [-0.4, -0.2) is 0 Å². The Morgan fingerprint density at radius 3 is 1.41 bits per heavy atom. The summed E-state index contributed by atoms with van der Waals surface area (Å²) in [6, 6.07) is 33.1. The summed E-state index contributed by atoms with van der Waals surface area (Å²) in [6.45, 7) is 0. The summed E-state index contributed by atoms with van der Waals surface area (Å²) >= 11 is 0. The Bertz CT molecular complexity index is 676. The predicted octanol–water partition coefficient (Wildman–Crippen LogP) is 6.16. The quantitative estimate of drug-likeness (QED) is 0.506. The van der Waals surface area contributed by atoms with Crippen LogP contribution in [0.5, 0.6) is 0 Å². The molecule has 2 atom stereocenters. The molecule has 4 rings (SSSR count). The normalized spacial score (nSPS) is 23.2. The molecule has 1 aliphatic heterocycles. The Balaban J connectivity index is 1.63. The van der Waals surface area contributed by atoms with Crippen LogP contribution in [0.3, 0.4) is 0 Å². The zero-order chi connectivity index (χ0) is 14.8. The van der Waals surface area contributed by atoms with Gasteiger partial charge in [-0.1, -0.05) is 98.9 Å². The third-order valence-electron chi connectivity index (χ3n) is 4.41. The van der Waals surface area contributed by atoms with Crippen LogP contribution in [0.15, 0.2) is 91.0 Å². The molecule has 22 heavy (non-hydrogen) atoms. The SMILES string of the molecule is c1ccc(CP2C(c3ccccc3)C2c2ccccc2)cc1. The van der Waals surface area contributed by atoms with E-state index in [9.17, 15) is 0 Å². The standard InChI is InChI=1S/C21H19P/c1-4-10-17(11-5-1)16-22-20(18-12-6-2-7-13-18)21(22)19-14-8-3-9-15-19/h1-15,20-21H,16H2. The third kappa shape index (κ3) is 2.72. The van der Waals surface area contributed by atoms with Gasteiger partial charge in [0.25, 0.3) is 0 Å². The van der Waals surface area contributed by atoms with Gasteiger partial charge in [0.05, 0.1) is 0 Å². The Morgan fingerprint density at radius 2 is 0.955 bits per heavy atom. The number of benzene rings is 3. The maximum Gasteiger partial charge on any atom is 0.0159 e. The first-order chi connectivity index (χ1) is 10.9. The molecule has 0 nitrogen and oxygen atoms in total. The lowest BCUT2D eigenvalue weighted by Crippen LogP contribution is -1.82. The van der Waals surface area contributed by atoms with E-state index in [0.29, 0.717) is 0 Å². The van der Waals surface area contributed by atoms with Crippen molar-refractivity contribution in [2.45, 2.75) is 17.5 Å². The highest BCUT2D eigenvalue weighted by Gasteiger charge is 2.50. The maximum atomic E-state index is 2.30. The van der Waals surface area contributed by atoms with Crippen LogP contribution >= 0.6 is 7.92 Å². The monoisotopic (exact) mass is 302 g/mol. The van der Waals surface area contributed by atoms with Crippen LogP contribution < -0.4 is 0 Å². The van der Waals surface area contributed by atoms with Crippen molar-refractivity contribution in [1.29, 1.82) is 0 Å². The van der Waals surface area contributed by atoms with Crippen molar-refractivity contribution in [3.63, 3.8) is 0 Å². The van der Waals surface area contributed by atoms with Gasteiger partial charge >= 0.3 is 0 Å². The summed E-state index contributed by atoms with van der Waals surface area (Å²) in [5.41, 5.74) is 5.95. The van der Waals surface area contributed by atoms with Gasteiger partial charge in [-0.3, -0.25) is 0 Å². The van der Waals surface area contributed by atoms with Gasteiger partial charge in [-0.25, -0.2) is 0 Å². The molecule has 3 aromatic rings. The minimum Gasteiger partial charge on any atom is -0.0849 e. The van der Waals surface area contributed by atoms with Crippen molar-refractivity contribution in [2.75, 3.05) is 0 Å². The summed E-state index contributed by atoms with van der Waals surface area (Å²) in [6.07, 6.45) is 1.23. The Hall–Kier alpha value is -1.91. The third-order valence-corrected chi connectivity index (χ3v) is 7.42. The highest BCUT2D eigenvalue weighted by atomic mass is 31.1. The fourth-order valence-electron chi connectivity index (χ4n) is 3.31. The van der Waals surface area contributed by atoms with Gasteiger partial charge in [0.2, 0.25) is 0 Å². The average Bonchev–Trinajstić information content (AvgIpc) is 3.31. The van der Waals surface area contributed by atoms with Crippen molar-refractivity contribution >= 4 is 7.92 Å². The van der Waals surface area contributed by atoms with Gasteiger partial charge < -0.3 is 0 Å². The van der Waals surface area contributed by atoms with E-state index in [2.05, 4.69) is 91.0 Å². The van der Waals surface area contributed by atoms with Crippen molar-refractivity contribution in [2.24, 2.45) is 0 Å². The molecule has 1 heterocycles. The average molecular weight is 302 g/mol. The molecular formula is C21H19P. The van der Waals surface area contributed by atoms with Crippen LogP contribution in [0.25, 0.3) is 0 Å². The van der Waals surface area contributed by atoms with Gasteiger partial charge in [0.15, 0.2) is 0 Å². The largest absolute Gasteiger partial charge is 0.0849 e. The molecule has 2 unspecified atom stereocenters. The molecule has 0 spiro atoms. The highest BCUT2D eigenvalue weighted by Crippen LogP contribution is 2.86. The Labute approximate surface area is 133 Å². The van der Waals surface area contributed by atoms with E-state index in [1.807, 2.05) is 0 Å². The van der Waals surface area contributed by atoms with Gasteiger partial charge in [0, 0.05) is 11.3 Å². The van der Waals surface area contributed by atoms with Gasteiger partial charge in [-0.15, -0.1) is 0 Å². The topological polar surface area (TPSA) is 0 Å². The van der Waals surface area contributed by atoms with Crippen molar-refractivity contribution in [3.8, 4) is 0 Å². The Morgan fingerprint density at radius 1 is 0.545 bits per heavy atom. The highest BCUT2D eigenvalue weighted by molar-refractivity contribution is 7.65. The molecule has 1 aliphatic rings. The molecular weight excluding hydrogens is 283 g/mol. The minimum atomic E-state index is -0.00617. The van der Waals surface area contributed by atoms with Crippen molar-refractivity contribution in [1.82, 2.24) is 0 Å². The fourth-order valence-corrected chi connectivity index (χ4v) is 6.63. The molecule has 1 heteroatoms. The molecule has 0 saturated carbocycles. The summed E-state index contributed by atoms with van der Waals surface area (Å²) in [5.74, 6) is 0. The van der Waals surface area contributed by atoms with E-state index in [1.54, 1.807) is 0 Å². The molecule has 0 N–H and O–H groups in total. The molecule has 1 fully saturated rings. The summed E-state index contributed by atoms with van der Waals surface area (Å²) in [4.78, 5) is 0. The molecule has 3 aromatic carbocycles. The van der Waals surface area contributed by atoms with E-state index in [0.717, 1.165) is 11.3 Å². The summed E-state index contributed by atoms with van der Waals surface area (Å²) in [7, 11) is -0.00617. The van der Waals surface area contributed by atoms with E-state index >= 15 is 0 Å². The van der Waals surface area contributed by atoms with E-state index < -0.39 is 0 Å². The lowest BCUT2D eigenvalue weighted by Gasteiger charge is -2.01. The summed E-state index contributed by atoms with van der Waals surface area (Å²) in [5, 5.41) is 0. The van der Waals surface area contributed by atoms with E-state index in [1.165, 1.54) is 22.9 Å². The lowest BCUT2D eigenvalue weighted by atomic mass is 10.0. The first kappa shape index (κ1) is 13.7. The first-order valence-corrected chi connectivity index (χ1v) is 9.49. The number of hydrogen-bond donors (Lipinski definition) is 0. The van der Waals surface area contributed by atoms with Gasteiger partial charge in [-0.05, 0) is 22.9 Å². The summed E-state index contributed by atoms with van der Waals surface area (Å²) < 4.78 is 0. The predicted molar refractivity (Wildman–Crippen MR) is 95.4 cm³/mol. The van der Waals surface area contributed by atoms with Crippen molar-refractivity contribution < 1.29 is 0 Å². The van der Waals surface area contributed by atoms with Crippen LogP contribution in [0.2, 0.25) is 0 Å². The van der Waals surface area contributed by atoms with E-state index in [4.69, 9.17) is 0 Å². The number of rotatable bonds is 4. The lowest BCUT2D eigenvalue weighted by molar-refractivity contribution is 1.03. The molecule has 1 saturated heterocycles. The second kappa shape index (κ2) is 6.07. The second-order valence-corrected chi connectivity index (χ2v) is 8.33. The molecule has 0 amide bonds. The zero-order valence-corrected chi connectivity index (χ0v) is 13.4. The second-order valence-electron chi connectivity index (χ2n) is 5.87. The Kier molecular flexibility index (Phi) is 3.79.